The normalized spacial score (nSPS) is 14.6. The molecule has 17 nitrogen and oxygen atoms in total. The zero-order chi connectivity index (χ0) is 49.1. The molecule has 18 heteroatoms. The van der Waals surface area contributed by atoms with Crippen molar-refractivity contribution >= 4 is 51.2 Å². The zero-order valence-corrected chi connectivity index (χ0v) is 39.9. The quantitative estimate of drug-likeness (QED) is 0.0471. The molecule has 0 radical (unpaired) electrons. The van der Waals surface area contributed by atoms with Crippen LogP contribution in [-0.2, 0) is 56.2 Å². The smallest absolute Gasteiger partial charge is 0.326 e. The number of sulfone groups is 1. The summed E-state index contributed by atoms with van der Waals surface area (Å²) >= 11 is 0. The predicted octanol–water partition coefficient (Wildman–Crippen LogP) is 3.40. The SMILES string of the molecule is CC[C@H](C)[C@H](NC(=O)[C@@H](NC(=O)CCCCCCCCCCCCCCC(=O)N[C@@H](CS(C)(=O)=O)C(=O)N[C@@H](Cc1ccccc1)C(=O)O)C(C)O)C(=O)N[C@@H](Cc1ccccc1)C(N)=O. The summed E-state index contributed by atoms with van der Waals surface area (Å²) in [6.45, 7) is 5.02. The number of carbonyl (C=O) groups is 7. The highest BCUT2D eigenvalue weighted by atomic mass is 32.2. The van der Waals surface area contributed by atoms with Gasteiger partial charge in [-0.3, -0.25) is 28.8 Å². The lowest BCUT2D eigenvalue weighted by Gasteiger charge is -2.28. The molecule has 0 saturated heterocycles. The molecule has 66 heavy (non-hydrogen) atoms. The Kier molecular flexibility index (Phi) is 26.5. The lowest BCUT2D eigenvalue weighted by atomic mass is 9.96. The fraction of sp³-hybridized carbons (Fsp3) is 0.604. The Morgan fingerprint density at radius 1 is 0.561 bits per heavy atom. The highest BCUT2D eigenvalue weighted by molar-refractivity contribution is 7.90. The Bertz CT molecular complexity index is 1930. The van der Waals surface area contributed by atoms with Crippen molar-refractivity contribution in [1.82, 2.24) is 26.6 Å². The molecule has 6 amide bonds. The predicted molar refractivity (Wildman–Crippen MR) is 252 cm³/mol. The topological polar surface area (TPSA) is 280 Å². The first kappa shape index (κ1) is 56.8. The zero-order valence-electron chi connectivity index (χ0n) is 39.1. The third kappa shape index (κ3) is 23.7. The number of aliphatic hydroxyl groups is 1. The maximum atomic E-state index is 13.4. The maximum absolute atomic E-state index is 13.4. The molecule has 368 valence electrons. The van der Waals surface area contributed by atoms with Gasteiger partial charge in [0.2, 0.25) is 35.4 Å². The first-order chi connectivity index (χ1) is 31.3. The molecule has 2 aromatic rings. The van der Waals surface area contributed by atoms with Crippen molar-refractivity contribution < 1.29 is 52.2 Å². The summed E-state index contributed by atoms with van der Waals surface area (Å²) in [5.74, 6) is -6.03. The van der Waals surface area contributed by atoms with Crippen molar-refractivity contribution in [2.75, 3.05) is 12.0 Å². The number of primary amides is 1. The first-order valence-corrected chi connectivity index (χ1v) is 25.3. The van der Waals surface area contributed by atoms with Crippen molar-refractivity contribution in [2.24, 2.45) is 11.7 Å². The van der Waals surface area contributed by atoms with E-state index in [1.165, 1.54) is 6.92 Å². The van der Waals surface area contributed by atoms with E-state index < -0.39 is 87.4 Å². The largest absolute Gasteiger partial charge is 0.480 e. The number of nitrogens with two attached hydrogens (primary N) is 1. The molecule has 0 aliphatic heterocycles. The Balaban J connectivity index is 1.64. The number of rotatable bonds is 34. The standard InChI is InChI=1S/C48H74N6O11S/c1-5-33(2)42(46(60)51-37(44(49)58)30-35-24-18-16-19-25-35)54-47(61)43(34(3)55)53-41(57)29-23-15-13-11-9-7-6-8-10-12-14-22-28-40(56)50-39(32-66(4,64)65)45(59)52-38(48(62)63)31-36-26-20-17-21-27-36/h16-21,24-27,33-34,37-39,42-43,55H,5-15,22-23,28-32H2,1-4H3,(H2,49,58)(H,50,56)(H,51,60)(H,52,59)(H,53,57)(H,54,61)(H,62,63)/t33-,34?,37-,38-,39-,42-,43-/m0/s1. The summed E-state index contributed by atoms with van der Waals surface area (Å²) in [4.78, 5) is 89.2. The molecular weight excluding hydrogens is 869 g/mol. The van der Waals surface area contributed by atoms with E-state index in [2.05, 4.69) is 26.6 Å². The summed E-state index contributed by atoms with van der Waals surface area (Å²) < 4.78 is 24.1. The minimum absolute atomic E-state index is 0.00505. The van der Waals surface area contributed by atoms with E-state index in [-0.39, 0.29) is 37.5 Å². The van der Waals surface area contributed by atoms with Crippen LogP contribution >= 0.6 is 0 Å². The Morgan fingerprint density at radius 2 is 0.970 bits per heavy atom. The van der Waals surface area contributed by atoms with Crippen LogP contribution in [0.3, 0.4) is 0 Å². The van der Waals surface area contributed by atoms with Gasteiger partial charge in [0.25, 0.3) is 0 Å². The monoisotopic (exact) mass is 943 g/mol. The van der Waals surface area contributed by atoms with E-state index in [1.807, 2.05) is 37.3 Å². The van der Waals surface area contributed by atoms with Gasteiger partial charge in [0, 0.05) is 31.9 Å². The summed E-state index contributed by atoms with van der Waals surface area (Å²) in [5.41, 5.74) is 7.07. The molecule has 0 aliphatic rings. The second-order valence-electron chi connectivity index (χ2n) is 17.4. The Labute approximate surface area is 390 Å². The first-order valence-electron chi connectivity index (χ1n) is 23.3. The highest BCUT2D eigenvalue weighted by Gasteiger charge is 2.34. The number of nitrogens with one attached hydrogen (secondary N) is 5. The lowest BCUT2D eigenvalue weighted by molar-refractivity contribution is -0.142. The Hall–Kier alpha value is -5.36. The number of amides is 6. The van der Waals surface area contributed by atoms with E-state index in [4.69, 9.17) is 5.73 Å². The van der Waals surface area contributed by atoms with Gasteiger partial charge in [-0.05, 0) is 36.8 Å². The van der Waals surface area contributed by atoms with E-state index in [9.17, 15) is 52.2 Å². The minimum Gasteiger partial charge on any atom is -0.480 e. The average molecular weight is 943 g/mol. The molecule has 0 heterocycles. The van der Waals surface area contributed by atoms with Gasteiger partial charge in [-0.1, -0.05) is 145 Å². The molecule has 0 aliphatic carbocycles. The molecule has 9 N–H and O–H groups in total. The van der Waals surface area contributed by atoms with Gasteiger partial charge in [-0.25, -0.2) is 13.2 Å². The van der Waals surface area contributed by atoms with Gasteiger partial charge >= 0.3 is 5.97 Å². The molecule has 2 rings (SSSR count). The van der Waals surface area contributed by atoms with Crippen LogP contribution in [0.1, 0.15) is 128 Å². The minimum atomic E-state index is -3.68. The van der Waals surface area contributed by atoms with Crippen LogP contribution in [0.15, 0.2) is 60.7 Å². The summed E-state index contributed by atoms with van der Waals surface area (Å²) in [5, 5.41) is 32.9. The van der Waals surface area contributed by atoms with Crippen LogP contribution in [0.2, 0.25) is 0 Å². The molecule has 0 saturated carbocycles. The van der Waals surface area contributed by atoms with Crippen molar-refractivity contribution in [3.05, 3.63) is 71.8 Å². The number of benzene rings is 2. The molecule has 2 aromatic carbocycles. The maximum Gasteiger partial charge on any atom is 0.326 e. The van der Waals surface area contributed by atoms with Crippen molar-refractivity contribution in [1.29, 1.82) is 0 Å². The summed E-state index contributed by atoms with van der Waals surface area (Å²) in [6, 6.07) is 11.7. The number of aliphatic carboxylic acids is 1. The molecule has 0 bridgehead atoms. The number of carboxylic acid groups (broad SMARTS) is 1. The van der Waals surface area contributed by atoms with Gasteiger partial charge in [0.05, 0.1) is 11.9 Å². The highest BCUT2D eigenvalue weighted by Crippen LogP contribution is 2.15. The number of aliphatic hydroxyl groups excluding tert-OH is 1. The number of hydrogen-bond acceptors (Lipinski definition) is 10. The number of carboxylic acids is 1. The van der Waals surface area contributed by atoms with Crippen LogP contribution in [0.25, 0.3) is 0 Å². The van der Waals surface area contributed by atoms with Crippen LogP contribution in [-0.4, -0.2) is 108 Å². The van der Waals surface area contributed by atoms with E-state index >= 15 is 0 Å². The molecule has 7 atom stereocenters. The number of hydrogen-bond donors (Lipinski definition) is 8. The lowest BCUT2D eigenvalue weighted by Crippen LogP contribution is -2.60. The van der Waals surface area contributed by atoms with Gasteiger partial charge in [-0.2, -0.15) is 0 Å². The fourth-order valence-electron chi connectivity index (χ4n) is 7.34. The Morgan fingerprint density at radius 3 is 1.38 bits per heavy atom. The third-order valence-electron chi connectivity index (χ3n) is 11.4. The fourth-order valence-corrected chi connectivity index (χ4v) is 8.18. The second-order valence-corrected chi connectivity index (χ2v) is 19.5. The van der Waals surface area contributed by atoms with E-state index in [0.29, 0.717) is 24.8 Å². The average Bonchev–Trinajstić information content (AvgIpc) is 3.26. The van der Waals surface area contributed by atoms with Crippen LogP contribution < -0.4 is 32.3 Å². The summed E-state index contributed by atoms with van der Waals surface area (Å²) in [7, 11) is -3.68. The molecular formula is C48H74N6O11S. The van der Waals surface area contributed by atoms with Crippen LogP contribution in [0.4, 0.5) is 0 Å². The second kappa shape index (κ2) is 30.8. The van der Waals surface area contributed by atoms with Crippen LogP contribution in [0.5, 0.6) is 0 Å². The van der Waals surface area contributed by atoms with Gasteiger partial charge in [0.15, 0.2) is 0 Å². The molecule has 0 fully saturated rings. The summed E-state index contributed by atoms with van der Waals surface area (Å²) in [6.07, 6.45) is 11.6. The van der Waals surface area contributed by atoms with Crippen molar-refractivity contribution in [3.63, 3.8) is 0 Å². The van der Waals surface area contributed by atoms with Crippen molar-refractivity contribution in [3.8, 4) is 0 Å². The van der Waals surface area contributed by atoms with Crippen molar-refractivity contribution in [2.45, 2.75) is 166 Å². The molecule has 0 spiro atoms. The van der Waals surface area contributed by atoms with Gasteiger partial charge in [-0.15, -0.1) is 0 Å². The number of unbranched alkanes of at least 4 members (excludes halogenated alkanes) is 11. The van der Waals surface area contributed by atoms with Gasteiger partial charge in [0.1, 0.15) is 40.0 Å². The molecule has 0 aromatic heterocycles. The van der Waals surface area contributed by atoms with E-state index in [1.54, 1.807) is 37.3 Å². The third-order valence-corrected chi connectivity index (χ3v) is 12.3. The number of carbonyl (C=O) groups excluding carboxylic acids is 6. The van der Waals surface area contributed by atoms with Gasteiger partial charge < -0.3 is 42.5 Å². The van der Waals surface area contributed by atoms with Crippen LogP contribution in [0, 0.1) is 5.92 Å². The van der Waals surface area contributed by atoms with E-state index in [0.717, 1.165) is 76.0 Å². The molecule has 1 unspecified atom stereocenters.